The monoisotopic (exact) mass is 386 g/mol. The molecule has 3 rings (SSSR count). The van der Waals surface area contributed by atoms with E-state index >= 15 is 0 Å². The summed E-state index contributed by atoms with van der Waals surface area (Å²) in [5, 5.41) is 0. The van der Waals surface area contributed by atoms with Gasteiger partial charge in [-0.3, -0.25) is 4.48 Å². The van der Waals surface area contributed by atoms with Crippen molar-refractivity contribution in [3.8, 4) is 0 Å². The molecule has 3 aromatic rings. The lowest BCUT2D eigenvalue weighted by Crippen LogP contribution is -2.34. The molecule has 0 radical (unpaired) electrons. The van der Waals surface area contributed by atoms with Gasteiger partial charge in [0.05, 0.1) is 21.1 Å². The van der Waals surface area contributed by atoms with Crippen LogP contribution in [0.15, 0.2) is 78.9 Å². The summed E-state index contributed by atoms with van der Waals surface area (Å²) in [4.78, 5) is 0. The van der Waals surface area contributed by atoms with Crippen LogP contribution in [0.5, 0.6) is 0 Å². The number of hydrogen-bond donors (Lipinski definition) is 0. The molecule has 0 heterocycles. The van der Waals surface area contributed by atoms with E-state index in [2.05, 4.69) is 107 Å². The Labute approximate surface area is 177 Å². The van der Waals surface area contributed by atoms with Gasteiger partial charge in [0.2, 0.25) is 0 Å². The van der Waals surface area contributed by atoms with Crippen molar-refractivity contribution in [3.05, 3.63) is 101 Å². The molecular weight excluding hydrogens is 350 g/mol. The van der Waals surface area contributed by atoms with Crippen LogP contribution in [0, 0.1) is 0 Å². The molecule has 0 aliphatic carbocycles. The van der Waals surface area contributed by atoms with Crippen molar-refractivity contribution >= 4 is 5.69 Å². The molecule has 29 heavy (non-hydrogen) atoms. The normalized spacial score (nSPS) is 12.7. The highest BCUT2D eigenvalue weighted by Gasteiger charge is 2.14. The van der Waals surface area contributed by atoms with Crippen molar-refractivity contribution in [1.29, 1.82) is 0 Å². The molecule has 1 heteroatoms. The molecule has 0 aliphatic rings. The van der Waals surface area contributed by atoms with Gasteiger partial charge in [0.1, 0.15) is 5.69 Å². The van der Waals surface area contributed by atoms with E-state index in [4.69, 9.17) is 0 Å². The molecule has 0 bridgehead atoms. The molecule has 0 spiro atoms. The summed E-state index contributed by atoms with van der Waals surface area (Å²) in [6.45, 7) is 2.22. The highest BCUT2D eigenvalue weighted by atomic mass is 15.3. The van der Waals surface area contributed by atoms with E-state index in [1.807, 2.05) is 0 Å². The lowest BCUT2D eigenvalue weighted by molar-refractivity contribution is 0.486. The average molecular weight is 387 g/mol. The van der Waals surface area contributed by atoms with E-state index in [-0.39, 0.29) is 0 Å². The number of nitrogens with zero attached hydrogens (tertiary/aromatic N) is 1. The van der Waals surface area contributed by atoms with Gasteiger partial charge in [-0.1, -0.05) is 73.7 Å². The van der Waals surface area contributed by atoms with E-state index < -0.39 is 0 Å². The van der Waals surface area contributed by atoms with Crippen molar-refractivity contribution in [2.45, 2.75) is 44.9 Å². The number of hydrogen-bond acceptors (Lipinski definition) is 0. The molecule has 1 unspecified atom stereocenters. The molecule has 0 aliphatic heterocycles. The molecule has 0 fully saturated rings. The van der Waals surface area contributed by atoms with Gasteiger partial charge in [-0.2, -0.15) is 0 Å². The van der Waals surface area contributed by atoms with Gasteiger partial charge in [-0.05, 0) is 72.4 Å². The van der Waals surface area contributed by atoms with E-state index in [1.165, 1.54) is 40.8 Å². The first-order valence-electron chi connectivity index (χ1n) is 11.0. The van der Waals surface area contributed by atoms with Crippen molar-refractivity contribution in [2.24, 2.45) is 0 Å². The van der Waals surface area contributed by atoms with Crippen LogP contribution in [-0.4, -0.2) is 21.1 Å². The van der Waals surface area contributed by atoms with E-state index in [1.54, 1.807) is 0 Å². The fraction of sp³-hybridized carbons (Fsp3) is 0.357. The first-order chi connectivity index (χ1) is 14.0. The Morgan fingerprint density at radius 1 is 0.621 bits per heavy atom. The minimum Gasteiger partial charge on any atom is -0.298 e. The Hall–Kier alpha value is -2.38. The predicted molar refractivity (Wildman–Crippen MR) is 128 cm³/mol. The Morgan fingerprint density at radius 3 is 1.59 bits per heavy atom. The maximum Gasteiger partial charge on any atom is 0.132 e. The number of benzene rings is 3. The molecule has 152 valence electrons. The van der Waals surface area contributed by atoms with Crippen molar-refractivity contribution < 1.29 is 0 Å². The standard InChI is InChI=1S/C28H36N/c1-5-23-11-13-24(14-12-23)15-19-27(26-9-7-6-8-10-26)20-16-25-17-21-28(22-18-25)29(2,3)4/h6-14,17-18,21-22,27H,5,15-16,19-20H2,1-4H3/q+1. The Kier molecular flexibility index (Phi) is 7.28. The first-order valence-corrected chi connectivity index (χ1v) is 11.0. The van der Waals surface area contributed by atoms with Gasteiger partial charge < -0.3 is 0 Å². The van der Waals surface area contributed by atoms with Gasteiger partial charge in [0, 0.05) is 0 Å². The van der Waals surface area contributed by atoms with Crippen LogP contribution in [0.3, 0.4) is 0 Å². The van der Waals surface area contributed by atoms with Crippen molar-refractivity contribution in [3.63, 3.8) is 0 Å². The maximum atomic E-state index is 2.31. The number of rotatable bonds is 9. The van der Waals surface area contributed by atoms with Crippen LogP contribution in [0.25, 0.3) is 0 Å². The smallest absolute Gasteiger partial charge is 0.132 e. The summed E-state index contributed by atoms with van der Waals surface area (Å²) < 4.78 is 0.865. The van der Waals surface area contributed by atoms with Gasteiger partial charge in [-0.15, -0.1) is 0 Å². The summed E-state index contributed by atoms with van der Waals surface area (Å²) in [6.07, 6.45) is 5.78. The molecule has 1 nitrogen and oxygen atoms in total. The maximum absolute atomic E-state index is 2.31. The third-order valence-corrected chi connectivity index (χ3v) is 5.98. The summed E-state index contributed by atoms with van der Waals surface area (Å²) in [5.74, 6) is 0.597. The lowest BCUT2D eigenvalue weighted by atomic mass is 9.87. The molecule has 0 saturated heterocycles. The van der Waals surface area contributed by atoms with Crippen LogP contribution in [0.4, 0.5) is 5.69 Å². The van der Waals surface area contributed by atoms with Crippen LogP contribution >= 0.6 is 0 Å². The highest BCUT2D eigenvalue weighted by molar-refractivity contribution is 5.42. The summed E-state index contributed by atoms with van der Waals surface area (Å²) in [5.41, 5.74) is 7.14. The fourth-order valence-electron chi connectivity index (χ4n) is 3.94. The molecule has 3 aromatic carbocycles. The molecule has 0 saturated carbocycles. The SMILES string of the molecule is CCc1ccc(CCC(CCc2ccc([N+](C)(C)C)cc2)c2ccccc2)cc1. The Morgan fingerprint density at radius 2 is 1.10 bits per heavy atom. The van der Waals surface area contributed by atoms with Gasteiger partial charge in [-0.25, -0.2) is 0 Å². The van der Waals surface area contributed by atoms with Crippen molar-refractivity contribution in [2.75, 3.05) is 21.1 Å². The number of quaternary nitrogens is 1. The lowest BCUT2D eigenvalue weighted by Gasteiger charge is -2.23. The zero-order chi connectivity index (χ0) is 20.7. The second kappa shape index (κ2) is 9.89. The van der Waals surface area contributed by atoms with Gasteiger partial charge in [0.25, 0.3) is 0 Å². The average Bonchev–Trinajstić information content (AvgIpc) is 2.74. The summed E-state index contributed by atoms with van der Waals surface area (Å²) in [7, 11) is 6.65. The zero-order valence-electron chi connectivity index (χ0n) is 18.6. The fourth-order valence-corrected chi connectivity index (χ4v) is 3.94. The second-order valence-corrected chi connectivity index (χ2v) is 9.03. The summed E-state index contributed by atoms with van der Waals surface area (Å²) in [6, 6.07) is 29.4. The predicted octanol–water partition coefficient (Wildman–Crippen LogP) is 6.79. The Balaban J connectivity index is 1.65. The van der Waals surface area contributed by atoms with Crippen molar-refractivity contribution in [1.82, 2.24) is 4.48 Å². The molecular formula is C28H36N+. The molecule has 0 aromatic heterocycles. The largest absolute Gasteiger partial charge is 0.298 e. The number of aryl methyl sites for hydroxylation is 3. The quantitative estimate of drug-likeness (QED) is 0.355. The van der Waals surface area contributed by atoms with Crippen LogP contribution < -0.4 is 4.48 Å². The van der Waals surface area contributed by atoms with E-state index in [0.29, 0.717) is 5.92 Å². The molecule has 0 amide bonds. The van der Waals surface area contributed by atoms with E-state index in [9.17, 15) is 0 Å². The zero-order valence-corrected chi connectivity index (χ0v) is 18.6. The third-order valence-electron chi connectivity index (χ3n) is 5.98. The highest BCUT2D eigenvalue weighted by Crippen LogP contribution is 2.28. The third kappa shape index (κ3) is 6.30. The minimum atomic E-state index is 0.597. The second-order valence-electron chi connectivity index (χ2n) is 9.03. The Bertz CT molecular complexity index is 855. The first kappa shape index (κ1) is 21.3. The van der Waals surface area contributed by atoms with E-state index in [0.717, 1.165) is 23.7 Å². The topological polar surface area (TPSA) is 0 Å². The molecule has 1 atom stereocenters. The molecule has 0 N–H and O–H groups in total. The summed E-state index contributed by atoms with van der Waals surface area (Å²) >= 11 is 0. The van der Waals surface area contributed by atoms with Crippen LogP contribution in [-0.2, 0) is 19.3 Å². The van der Waals surface area contributed by atoms with Crippen LogP contribution in [0.1, 0.15) is 47.9 Å². The van der Waals surface area contributed by atoms with Gasteiger partial charge in [0.15, 0.2) is 0 Å². The minimum absolute atomic E-state index is 0.597. The van der Waals surface area contributed by atoms with Gasteiger partial charge >= 0.3 is 0 Å². The van der Waals surface area contributed by atoms with Crippen LogP contribution in [0.2, 0.25) is 0 Å².